The number of aromatic nitrogens is 1. The molecule has 0 amide bonds. The maximum atomic E-state index is 11.9. The number of nitrogens with zero attached hydrogens (tertiary/aromatic N) is 1. The van der Waals surface area contributed by atoms with Gasteiger partial charge in [-0.3, -0.25) is 0 Å². The molecule has 0 radical (unpaired) electrons. The molecule has 2 nitrogen and oxygen atoms in total. The van der Waals surface area contributed by atoms with Crippen LogP contribution >= 0.6 is 11.5 Å². The third-order valence-electron chi connectivity index (χ3n) is 1.04. The Balaban J connectivity index is 0.00000121. The third-order valence-corrected chi connectivity index (χ3v) is 1.91. The predicted octanol–water partition coefficient (Wildman–Crippen LogP) is -1.79. The van der Waals surface area contributed by atoms with Gasteiger partial charge in [-0.15, -0.1) is 0 Å². The van der Waals surface area contributed by atoms with Gasteiger partial charge in [0.15, 0.2) is 0 Å². The summed E-state index contributed by atoms with van der Waals surface area (Å²) in [6, 6.07) is 0.894. The van der Waals surface area contributed by atoms with Crippen molar-refractivity contribution in [2.24, 2.45) is 0 Å². The van der Waals surface area contributed by atoms with Gasteiger partial charge >= 0.3 is 58.4 Å². The van der Waals surface area contributed by atoms with Crippen LogP contribution in [0.3, 0.4) is 0 Å². The van der Waals surface area contributed by atoms with Crippen molar-refractivity contribution in [2.45, 2.75) is 0 Å². The van der Waals surface area contributed by atoms with E-state index in [4.69, 9.17) is 0 Å². The van der Waals surface area contributed by atoms with Crippen LogP contribution in [-0.4, -0.2) is 18.5 Å². The Kier molecular flexibility index (Phi) is 5.35. The van der Waals surface area contributed by atoms with Crippen molar-refractivity contribution in [2.75, 3.05) is 7.11 Å². The molecular weight excluding hydrogens is 217 g/mol. The third kappa shape index (κ3) is 3.35. The molecule has 0 spiro atoms. The van der Waals surface area contributed by atoms with Crippen LogP contribution in [0.2, 0.25) is 0 Å². The van der Waals surface area contributed by atoms with Crippen LogP contribution in [0.15, 0.2) is 6.07 Å². The van der Waals surface area contributed by atoms with Crippen LogP contribution < -0.4 is 60.9 Å². The van der Waals surface area contributed by atoms with E-state index in [1.807, 2.05) is 0 Å². The van der Waals surface area contributed by atoms with Crippen LogP contribution in [0.5, 0.6) is 5.88 Å². The van der Waals surface area contributed by atoms with Gasteiger partial charge in [-0.1, -0.05) is 11.5 Å². The first-order valence-electron chi connectivity index (χ1n) is 2.74. The average molecular weight is 221 g/mol. The summed E-state index contributed by atoms with van der Waals surface area (Å²) in [5.74, 6) is 0.0178. The molecule has 0 N–H and O–H groups in total. The molecule has 1 rings (SSSR count). The molecule has 1 aromatic rings. The van der Waals surface area contributed by atoms with Crippen LogP contribution in [0.25, 0.3) is 0 Å². The summed E-state index contributed by atoms with van der Waals surface area (Å²) in [5, 5.41) is 0. The van der Waals surface area contributed by atoms with Crippen molar-refractivity contribution in [3.63, 3.8) is 0 Å². The predicted molar refractivity (Wildman–Crippen MR) is 37.4 cm³/mol. The number of halogens is 3. The minimum atomic E-state index is -4.91. The molecule has 0 saturated heterocycles. The van der Waals surface area contributed by atoms with E-state index in [1.165, 1.54) is 7.11 Å². The SMILES string of the molecule is COc1cc([B-](F)(F)F)sn1.[K+]. The summed E-state index contributed by atoms with van der Waals surface area (Å²) < 4.78 is 43.0. The van der Waals surface area contributed by atoms with Crippen LogP contribution in [0.4, 0.5) is 12.9 Å². The molecule has 1 aromatic heterocycles. The standard InChI is InChI=1S/C4H4BF3NOS.K/c1-10-4-2-3(11-9-4)5(6,7)8;/h2H,1H3;/q-1;+1. The molecule has 0 atom stereocenters. The molecule has 1 heterocycles. The van der Waals surface area contributed by atoms with Gasteiger partial charge in [0.2, 0.25) is 5.88 Å². The fraction of sp³-hybridized carbons (Fsp3) is 0.250. The second kappa shape index (κ2) is 4.97. The summed E-state index contributed by atoms with van der Waals surface area (Å²) in [6.45, 7) is -4.91. The molecule has 8 heteroatoms. The zero-order chi connectivity index (χ0) is 8.48. The first-order valence-corrected chi connectivity index (χ1v) is 3.52. The summed E-state index contributed by atoms with van der Waals surface area (Å²) in [4.78, 5) is 0. The van der Waals surface area contributed by atoms with E-state index in [1.54, 1.807) is 0 Å². The van der Waals surface area contributed by atoms with Crippen molar-refractivity contribution in [1.82, 2.24) is 4.37 Å². The van der Waals surface area contributed by atoms with E-state index in [0.29, 0.717) is 11.5 Å². The fourth-order valence-electron chi connectivity index (χ4n) is 0.523. The molecule has 0 saturated carbocycles. The van der Waals surface area contributed by atoms with Gasteiger partial charge < -0.3 is 17.7 Å². The number of hydrogen-bond donors (Lipinski definition) is 0. The quantitative estimate of drug-likeness (QED) is 0.550. The van der Waals surface area contributed by atoms with Crippen molar-refractivity contribution in [3.05, 3.63) is 6.07 Å². The Morgan fingerprint density at radius 1 is 1.50 bits per heavy atom. The Labute approximate surface area is 114 Å². The number of ether oxygens (including phenoxy) is 1. The maximum Gasteiger partial charge on any atom is 1.00 e. The topological polar surface area (TPSA) is 22.1 Å². The number of hydrogen-bond acceptors (Lipinski definition) is 3. The van der Waals surface area contributed by atoms with Crippen molar-refractivity contribution < 1.29 is 69.1 Å². The average Bonchev–Trinajstić information content (AvgIpc) is 2.32. The first-order chi connectivity index (χ1) is 5.04. The van der Waals surface area contributed by atoms with Crippen LogP contribution in [-0.2, 0) is 0 Å². The van der Waals surface area contributed by atoms with Gasteiger partial charge in [-0.2, -0.15) is 4.37 Å². The Morgan fingerprint density at radius 3 is 2.33 bits per heavy atom. The van der Waals surface area contributed by atoms with Crippen LogP contribution in [0.1, 0.15) is 0 Å². The van der Waals surface area contributed by atoms with Gasteiger partial charge in [0.25, 0.3) is 0 Å². The molecule has 62 valence electrons. The van der Waals surface area contributed by atoms with E-state index in [0.717, 1.165) is 6.07 Å². The molecule has 0 aliphatic heterocycles. The molecule has 0 aliphatic rings. The Hall–Kier alpha value is 0.921. The minimum Gasteiger partial charge on any atom is -0.480 e. The summed E-state index contributed by atoms with van der Waals surface area (Å²) in [6.07, 6.45) is 0. The van der Waals surface area contributed by atoms with Gasteiger partial charge in [0, 0.05) is 0 Å². The van der Waals surface area contributed by atoms with E-state index in [2.05, 4.69) is 9.11 Å². The largest absolute Gasteiger partial charge is 1.00 e. The molecule has 0 aliphatic carbocycles. The van der Waals surface area contributed by atoms with Crippen molar-refractivity contribution >= 4 is 23.3 Å². The minimum absolute atomic E-state index is 0. The van der Waals surface area contributed by atoms with Crippen molar-refractivity contribution in [1.29, 1.82) is 0 Å². The summed E-state index contributed by atoms with van der Waals surface area (Å²) in [7, 11) is 1.28. The fourth-order valence-corrected chi connectivity index (χ4v) is 1.12. The van der Waals surface area contributed by atoms with E-state index in [9.17, 15) is 12.9 Å². The molecular formula is C4H4BF3KNOS. The molecule has 0 fully saturated rings. The Morgan fingerprint density at radius 2 is 2.08 bits per heavy atom. The van der Waals surface area contributed by atoms with E-state index >= 15 is 0 Å². The molecule has 0 aromatic carbocycles. The second-order valence-corrected chi connectivity index (χ2v) is 2.68. The van der Waals surface area contributed by atoms with E-state index in [-0.39, 0.29) is 57.3 Å². The molecule has 0 bridgehead atoms. The zero-order valence-electron chi connectivity index (χ0n) is 6.55. The summed E-state index contributed by atoms with van der Waals surface area (Å²) >= 11 is 0.409. The monoisotopic (exact) mass is 221 g/mol. The normalized spacial score (nSPS) is 10.7. The molecule has 12 heavy (non-hydrogen) atoms. The Bertz CT molecular complexity index is 253. The van der Waals surface area contributed by atoms with Crippen LogP contribution in [0, 0.1) is 0 Å². The number of rotatable bonds is 2. The van der Waals surface area contributed by atoms with Gasteiger partial charge in [0.05, 0.1) is 7.11 Å². The zero-order valence-corrected chi connectivity index (χ0v) is 10.5. The van der Waals surface area contributed by atoms with E-state index < -0.39 is 11.8 Å². The first kappa shape index (κ1) is 12.9. The second-order valence-electron chi connectivity index (χ2n) is 1.85. The number of methoxy groups -OCH3 is 1. The molecule has 0 unspecified atom stereocenters. The van der Waals surface area contributed by atoms with Gasteiger partial charge in [0.1, 0.15) is 0 Å². The maximum absolute atomic E-state index is 11.9. The van der Waals surface area contributed by atoms with Gasteiger partial charge in [-0.25, -0.2) is 0 Å². The van der Waals surface area contributed by atoms with Crippen molar-refractivity contribution in [3.8, 4) is 5.88 Å². The smallest absolute Gasteiger partial charge is 0.480 e. The summed E-state index contributed by atoms with van der Waals surface area (Å²) in [5.41, 5.74) is 0. The van der Waals surface area contributed by atoms with Gasteiger partial charge in [-0.05, 0) is 10.8 Å².